The van der Waals surface area contributed by atoms with Gasteiger partial charge in [-0.3, -0.25) is 14.4 Å². The van der Waals surface area contributed by atoms with Gasteiger partial charge in [0.25, 0.3) is 5.91 Å². The van der Waals surface area contributed by atoms with Crippen molar-refractivity contribution < 1.29 is 19.1 Å². The number of pyridine rings is 1. The van der Waals surface area contributed by atoms with E-state index in [0.29, 0.717) is 17.0 Å². The van der Waals surface area contributed by atoms with Crippen molar-refractivity contribution in [1.82, 2.24) is 30.1 Å². The predicted octanol–water partition coefficient (Wildman–Crippen LogP) is 1.48. The van der Waals surface area contributed by atoms with Crippen molar-refractivity contribution in [3.8, 4) is 11.4 Å². The van der Waals surface area contributed by atoms with Crippen LogP contribution in [0.5, 0.6) is 0 Å². The highest BCUT2D eigenvalue weighted by Gasteiger charge is 2.38. The molecule has 174 valence electrons. The number of ether oxygens (including phenoxy) is 1. The Morgan fingerprint density at radius 1 is 1.21 bits per heavy atom. The average Bonchev–Trinajstić information content (AvgIpc) is 2.82. The Balaban J connectivity index is 2.04. The number of nitrogens with one attached hydrogen (secondary N) is 1. The molecular formula is C22H25ClN6O4. The van der Waals surface area contributed by atoms with Crippen molar-refractivity contribution in [3.63, 3.8) is 0 Å². The van der Waals surface area contributed by atoms with Crippen LogP contribution in [0, 0.1) is 0 Å². The zero-order valence-electron chi connectivity index (χ0n) is 18.6. The summed E-state index contributed by atoms with van der Waals surface area (Å²) in [6.07, 6.45) is 2.51. The third kappa shape index (κ3) is 5.35. The molecular weight excluding hydrogens is 448 g/mol. The lowest BCUT2D eigenvalue weighted by molar-refractivity contribution is -0.144. The lowest BCUT2D eigenvalue weighted by Crippen LogP contribution is -2.58. The van der Waals surface area contributed by atoms with Crippen molar-refractivity contribution >= 4 is 29.3 Å². The first-order chi connectivity index (χ1) is 15.8. The van der Waals surface area contributed by atoms with Crippen LogP contribution in [-0.4, -0.2) is 82.4 Å². The third-order valence-corrected chi connectivity index (χ3v) is 5.60. The van der Waals surface area contributed by atoms with Crippen molar-refractivity contribution in [2.45, 2.75) is 19.0 Å². The molecule has 10 nitrogen and oxygen atoms in total. The standard InChI is InChI=1S/C22H25ClN6O4/c1-5-21(31)29-10-19(28(13(2)30)9-15(29)11-33-4)14-6-17(27-20(23)7-14)16-8-18(22(32)24-3)26-12-25-16/h5-8,12,15,19H,1,9-11H2,2-4H3,(H,24,32)/t15-,19+/m1/s1. The van der Waals surface area contributed by atoms with Gasteiger partial charge in [-0.15, -0.1) is 0 Å². The molecule has 1 N–H and O–H groups in total. The smallest absolute Gasteiger partial charge is 0.269 e. The second-order valence-corrected chi connectivity index (χ2v) is 7.85. The number of nitrogens with zero attached hydrogens (tertiary/aromatic N) is 5. The van der Waals surface area contributed by atoms with Gasteiger partial charge in [0.05, 0.1) is 30.1 Å². The van der Waals surface area contributed by atoms with E-state index < -0.39 is 6.04 Å². The van der Waals surface area contributed by atoms with Gasteiger partial charge < -0.3 is 19.9 Å². The fraction of sp³-hybridized carbons (Fsp3) is 0.364. The maximum atomic E-state index is 12.5. The normalized spacial score (nSPS) is 18.1. The zero-order chi connectivity index (χ0) is 24.1. The number of halogens is 1. The highest BCUT2D eigenvalue weighted by Crippen LogP contribution is 2.32. The van der Waals surface area contributed by atoms with Gasteiger partial charge in [0, 0.05) is 34.2 Å². The summed E-state index contributed by atoms with van der Waals surface area (Å²) in [7, 11) is 3.05. The minimum Gasteiger partial charge on any atom is -0.382 e. The molecule has 1 fully saturated rings. The van der Waals surface area contributed by atoms with Gasteiger partial charge in [-0.05, 0) is 29.8 Å². The van der Waals surface area contributed by atoms with E-state index >= 15 is 0 Å². The second kappa shape index (κ2) is 10.5. The molecule has 3 amide bonds. The molecule has 3 rings (SSSR count). The van der Waals surface area contributed by atoms with Crippen LogP contribution in [0.3, 0.4) is 0 Å². The highest BCUT2D eigenvalue weighted by molar-refractivity contribution is 6.29. The molecule has 0 saturated carbocycles. The van der Waals surface area contributed by atoms with Crippen LogP contribution in [0.25, 0.3) is 11.4 Å². The molecule has 0 aromatic carbocycles. The Morgan fingerprint density at radius 3 is 2.61 bits per heavy atom. The quantitative estimate of drug-likeness (QED) is 0.499. The summed E-state index contributed by atoms with van der Waals surface area (Å²) in [4.78, 5) is 52.9. The van der Waals surface area contributed by atoms with Crippen molar-refractivity contribution in [2.24, 2.45) is 0 Å². The molecule has 1 aliphatic rings. The number of hydrogen-bond acceptors (Lipinski definition) is 7. The minimum atomic E-state index is -0.473. The van der Waals surface area contributed by atoms with E-state index in [-0.39, 0.29) is 54.3 Å². The number of carbonyl (C=O) groups is 3. The first-order valence-electron chi connectivity index (χ1n) is 10.2. The molecule has 3 heterocycles. The summed E-state index contributed by atoms with van der Waals surface area (Å²) in [6.45, 7) is 5.86. The number of carbonyl (C=O) groups excluding carboxylic acids is 3. The van der Waals surface area contributed by atoms with E-state index in [1.165, 1.54) is 32.4 Å². The topological polar surface area (TPSA) is 118 Å². The summed E-state index contributed by atoms with van der Waals surface area (Å²) in [5.74, 6) is -0.763. The van der Waals surface area contributed by atoms with E-state index in [1.54, 1.807) is 29.0 Å². The molecule has 2 aromatic heterocycles. The largest absolute Gasteiger partial charge is 0.382 e. The van der Waals surface area contributed by atoms with Gasteiger partial charge in [-0.1, -0.05) is 18.2 Å². The molecule has 0 spiro atoms. The Kier molecular flexibility index (Phi) is 7.72. The van der Waals surface area contributed by atoms with Crippen LogP contribution in [0.1, 0.15) is 29.0 Å². The second-order valence-electron chi connectivity index (χ2n) is 7.47. The van der Waals surface area contributed by atoms with Crippen LogP contribution in [0.4, 0.5) is 0 Å². The lowest BCUT2D eigenvalue weighted by atomic mass is 9.98. The van der Waals surface area contributed by atoms with Gasteiger partial charge in [0.15, 0.2) is 0 Å². The van der Waals surface area contributed by atoms with E-state index in [0.717, 1.165) is 0 Å². The molecule has 0 unspecified atom stereocenters. The summed E-state index contributed by atoms with van der Waals surface area (Å²) in [6, 6.07) is 4.12. The number of methoxy groups -OCH3 is 1. The van der Waals surface area contributed by atoms with Crippen molar-refractivity contribution in [2.75, 3.05) is 33.9 Å². The van der Waals surface area contributed by atoms with Crippen LogP contribution < -0.4 is 5.32 Å². The Labute approximate surface area is 196 Å². The number of aromatic nitrogens is 3. The van der Waals surface area contributed by atoms with E-state index in [4.69, 9.17) is 16.3 Å². The van der Waals surface area contributed by atoms with Gasteiger partial charge in [-0.25, -0.2) is 15.0 Å². The van der Waals surface area contributed by atoms with Gasteiger partial charge in [0.1, 0.15) is 17.2 Å². The van der Waals surface area contributed by atoms with Crippen LogP contribution in [0.2, 0.25) is 5.15 Å². The van der Waals surface area contributed by atoms with Crippen molar-refractivity contribution in [3.05, 3.63) is 53.6 Å². The molecule has 11 heteroatoms. The van der Waals surface area contributed by atoms with Crippen LogP contribution in [-0.2, 0) is 14.3 Å². The van der Waals surface area contributed by atoms with Gasteiger partial charge in [0.2, 0.25) is 11.8 Å². The van der Waals surface area contributed by atoms with Crippen molar-refractivity contribution in [1.29, 1.82) is 0 Å². The fourth-order valence-corrected chi connectivity index (χ4v) is 4.05. The van der Waals surface area contributed by atoms with Gasteiger partial charge >= 0.3 is 0 Å². The molecule has 2 aromatic rings. The number of rotatable bonds is 6. The zero-order valence-corrected chi connectivity index (χ0v) is 19.4. The predicted molar refractivity (Wildman–Crippen MR) is 121 cm³/mol. The van der Waals surface area contributed by atoms with Crippen LogP contribution in [0.15, 0.2) is 37.2 Å². The van der Waals surface area contributed by atoms with Crippen LogP contribution >= 0.6 is 11.6 Å². The molecule has 0 radical (unpaired) electrons. The maximum Gasteiger partial charge on any atom is 0.269 e. The Hall–Kier alpha value is -3.37. The Bertz CT molecular complexity index is 1080. The third-order valence-electron chi connectivity index (χ3n) is 5.41. The Morgan fingerprint density at radius 2 is 1.97 bits per heavy atom. The number of hydrogen-bond donors (Lipinski definition) is 1. The summed E-state index contributed by atoms with van der Waals surface area (Å²) in [5.41, 5.74) is 1.67. The van der Waals surface area contributed by atoms with E-state index in [9.17, 15) is 14.4 Å². The molecule has 0 aliphatic carbocycles. The fourth-order valence-electron chi connectivity index (χ4n) is 3.83. The molecule has 1 saturated heterocycles. The SMILES string of the molecule is C=CC(=O)N1C[C@@H](c2cc(Cl)nc(-c3cc(C(=O)NC)ncn3)c2)N(C(C)=O)C[C@@H]1COC. The minimum absolute atomic E-state index is 0.148. The molecule has 33 heavy (non-hydrogen) atoms. The number of piperazine rings is 1. The monoisotopic (exact) mass is 472 g/mol. The molecule has 0 bridgehead atoms. The number of amides is 3. The average molecular weight is 473 g/mol. The highest BCUT2D eigenvalue weighted by atomic mass is 35.5. The molecule has 2 atom stereocenters. The van der Waals surface area contributed by atoms with Gasteiger partial charge in [-0.2, -0.15) is 0 Å². The molecule has 1 aliphatic heterocycles. The van der Waals surface area contributed by atoms with E-state index in [2.05, 4.69) is 26.8 Å². The summed E-state index contributed by atoms with van der Waals surface area (Å²) in [5, 5.41) is 2.70. The lowest BCUT2D eigenvalue weighted by Gasteiger charge is -2.45. The summed E-state index contributed by atoms with van der Waals surface area (Å²) >= 11 is 6.33. The maximum absolute atomic E-state index is 12.5. The van der Waals surface area contributed by atoms with E-state index in [1.807, 2.05) is 0 Å². The summed E-state index contributed by atoms with van der Waals surface area (Å²) < 4.78 is 5.27. The first kappa shape index (κ1) is 24.3. The first-order valence-corrected chi connectivity index (χ1v) is 10.6.